The molecular formula is C37H30NO2PSi. The summed E-state index contributed by atoms with van der Waals surface area (Å²) in [6.07, 6.45) is 4.39. The third-order valence-corrected chi connectivity index (χ3v) is 12.8. The average molecular weight is 580 g/mol. The largest absolute Gasteiger partial charge is 0.404 e. The second-order valence-electron chi connectivity index (χ2n) is 11.0. The smallest absolute Gasteiger partial charge is 0.346 e. The monoisotopic (exact) mass is 579 g/mol. The van der Waals surface area contributed by atoms with Gasteiger partial charge >= 0.3 is 8.16 Å². The van der Waals surface area contributed by atoms with Gasteiger partial charge in [0.1, 0.15) is 11.2 Å². The Bertz CT molecular complexity index is 2190. The van der Waals surface area contributed by atoms with Gasteiger partial charge in [-0.2, -0.15) is 0 Å². The van der Waals surface area contributed by atoms with Crippen molar-refractivity contribution in [2.24, 2.45) is 0 Å². The van der Waals surface area contributed by atoms with Crippen molar-refractivity contribution in [3.05, 3.63) is 126 Å². The molecule has 6 aromatic carbocycles. The molecule has 42 heavy (non-hydrogen) atoms. The molecule has 3 nitrogen and oxygen atoms in total. The molecule has 0 bridgehead atoms. The van der Waals surface area contributed by atoms with Gasteiger partial charge in [-0.1, -0.05) is 129 Å². The summed E-state index contributed by atoms with van der Waals surface area (Å²) in [5, 5.41) is 8.47. The maximum Gasteiger partial charge on any atom is 0.346 e. The maximum absolute atomic E-state index is 7.33. The number of hydrogen-bond donors (Lipinski definition) is 0. The second-order valence-corrected chi connectivity index (χ2v) is 15.5. The Labute approximate surface area is 247 Å². The van der Waals surface area contributed by atoms with E-state index in [1.165, 1.54) is 26.7 Å². The number of para-hydroxylation sites is 2. The van der Waals surface area contributed by atoms with Crippen molar-refractivity contribution < 1.29 is 8.39 Å². The van der Waals surface area contributed by atoms with Crippen LogP contribution in [0.4, 0.5) is 11.4 Å². The van der Waals surface area contributed by atoms with E-state index in [1.807, 2.05) is 0 Å². The summed E-state index contributed by atoms with van der Waals surface area (Å²) in [5.74, 6) is 0. The molecule has 5 heteroatoms. The van der Waals surface area contributed by atoms with Gasteiger partial charge in [-0.25, -0.2) is 4.67 Å². The van der Waals surface area contributed by atoms with Crippen molar-refractivity contribution >= 4 is 89.2 Å². The summed E-state index contributed by atoms with van der Waals surface area (Å²) < 4.78 is 16.8. The maximum atomic E-state index is 7.33. The Morgan fingerprint density at radius 3 is 1.93 bits per heavy atom. The van der Waals surface area contributed by atoms with Gasteiger partial charge in [0.05, 0.1) is 20.2 Å². The van der Waals surface area contributed by atoms with Crippen molar-refractivity contribution in [3.8, 4) is 0 Å². The molecule has 204 valence electrons. The van der Waals surface area contributed by atoms with Gasteiger partial charge in [-0.05, 0) is 56.1 Å². The van der Waals surface area contributed by atoms with Gasteiger partial charge in [0.15, 0.2) is 0 Å². The second kappa shape index (κ2) is 10.1. The lowest BCUT2D eigenvalue weighted by Gasteiger charge is -2.23. The standard InChI is InChI=1S/C37H30NO2PSi/c1-3-42(2)34-24-28-15-5-9-17-30(28)36-35-29-16-8-4-12-25(29)22-23-33(35)39-41(40-37(34)36)38-31-18-10-6-13-26(31)20-21-27-14-7-11-19-32(27)38/h4-24,42H,3H2,1-2H3/t41?,42-/m1/s1. The Morgan fingerprint density at radius 2 is 1.24 bits per heavy atom. The first-order valence-corrected chi connectivity index (χ1v) is 18.3. The fourth-order valence-corrected chi connectivity index (χ4v) is 9.50. The lowest BCUT2D eigenvalue weighted by Crippen LogP contribution is -2.26. The van der Waals surface area contributed by atoms with Crippen LogP contribution in [-0.4, -0.2) is 8.80 Å². The molecule has 7 aromatic rings. The van der Waals surface area contributed by atoms with Gasteiger partial charge in [-0.15, -0.1) is 0 Å². The molecule has 0 spiro atoms. The quantitative estimate of drug-likeness (QED) is 0.195. The third-order valence-electron chi connectivity index (χ3n) is 8.60. The molecule has 0 amide bonds. The van der Waals surface area contributed by atoms with Crippen LogP contribution in [0.15, 0.2) is 124 Å². The van der Waals surface area contributed by atoms with Crippen molar-refractivity contribution in [3.63, 3.8) is 0 Å². The Hall–Kier alpha value is -4.50. The molecule has 0 saturated heterocycles. The van der Waals surface area contributed by atoms with Crippen LogP contribution in [0, 0.1) is 0 Å². The molecule has 1 aliphatic rings. The van der Waals surface area contributed by atoms with E-state index in [2.05, 4.69) is 146 Å². The lowest BCUT2D eigenvalue weighted by molar-refractivity contribution is 0.641. The molecule has 8 rings (SSSR count). The van der Waals surface area contributed by atoms with Gasteiger partial charge in [-0.3, -0.25) is 0 Å². The summed E-state index contributed by atoms with van der Waals surface area (Å²) >= 11 is 0. The number of rotatable bonds is 3. The highest BCUT2D eigenvalue weighted by Crippen LogP contribution is 2.50. The van der Waals surface area contributed by atoms with E-state index in [0.29, 0.717) is 0 Å². The molecule has 0 aliphatic carbocycles. The third kappa shape index (κ3) is 3.94. The van der Waals surface area contributed by atoms with Crippen LogP contribution in [0.1, 0.15) is 18.1 Å². The van der Waals surface area contributed by atoms with Crippen LogP contribution in [-0.2, 0) is 0 Å². The number of fused-ring (bicyclic) bond motifs is 9. The zero-order valence-corrected chi connectivity index (χ0v) is 25.7. The molecule has 0 radical (unpaired) electrons. The summed E-state index contributed by atoms with van der Waals surface area (Å²) in [6, 6.07) is 42.3. The van der Waals surface area contributed by atoms with Gasteiger partial charge in [0.2, 0.25) is 0 Å². The number of benzene rings is 6. The zero-order chi connectivity index (χ0) is 28.2. The van der Waals surface area contributed by atoms with E-state index in [4.69, 9.17) is 8.39 Å². The number of anilines is 2. The predicted molar refractivity (Wildman–Crippen MR) is 184 cm³/mol. The van der Waals surface area contributed by atoms with E-state index >= 15 is 0 Å². The first-order chi connectivity index (χ1) is 20.7. The number of hydrogen-bond acceptors (Lipinski definition) is 3. The minimum atomic E-state index is -1.62. The van der Waals surface area contributed by atoms with E-state index in [-0.39, 0.29) is 0 Å². The number of nitrogens with zero attached hydrogens (tertiary/aromatic N) is 1. The minimum Gasteiger partial charge on any atom is -0.404 e. The molecule has 0 N–H and O–H groups in total. The van der Waals surface area contributed by atoms with Gasteiger partial charge in [0, 0.05) is 10.8 Å². The first-order valence-electron chi connectivity index (χ1n) is 14.6. The SMILES string of the molecule is CC[Si@@H](C)c1cc2ccccc2c2c1op(N1c3ccccc3C=Cc3ccccc31)oc1ccc3ccccc3c12. The molecule has 2 atom stereocenters. The van der Waals surface area contributed by atoms with Crippen molar-refractivity contribution in [1.29, 1.82) is 0 Å². The molecule has 1 unspecified atom stereocenters. The highest BCUT2D eigenvalue weighted by atomic mass is 31.1. The molecule has 1 aliphatic heterocycles. The predicted octanol–water partition coefficient (Wildman–Crippen LogP) is 10.8. The zero-order valence-electron chi connectivity index (χ0n) is 23.6. The topological polar surface area (TPSA) is 29.5 Å². The van der Waals surface area contributed by atoms with Crippen LogP contribution < -0.4 is 9.86 Å². The summed E-state index contributed by atoms with van der Waals surface area (Å²) in [5.41, 5.74) is 6.29. The molecule has 1 aromatic heterocycles. The van der Waals surface area contributed by atoms with Gasteiger partial charge in [0.25, 0.3) is 0 Å². The Morgan fingerprint density at radius 1 is 0.643 bits per heavy atom. The summed E-state index contributed by atoms with van der Waals surface area (Å²) in [4.78, 5) is 0. The molecule has 0 fully saturated rings. The fourth-order valence-electron chi connectivity index (χ4n) is 6.26. The van der Waals surface area contributed by atoms with E-state index in [9.17, 15) is 0 Å². The van der Waals surface area contributed by atoms with Crippen LogP contribution >= 0.6 is 8.16 Å². The fraction of sp³-hybridized carbons (Fsp3) is 0.0811. The Balaban J connectivity index is 1.62. The normalized spacial score (nSPS) is 13.8. The summed E-state index contributed by atoms with van der Waals surface area (Å²) in [6.45, 7) is 4.75. The lowest BCUT2D eigenvalue weighted by atomic mass is 9.99. The van der Waals surface area contributed by atoms with Gasteiger partial charge < -0.3 is 8.39 Å². The van der Waals surface area contributed by atoms with Crippen LogP contribution in [0.3, 0.4) is 0 Å². The molecular weight excluding hydrogens is 549 g/mol. The van der Waals surface area contributed by atoms with Crippen LogP contribution in [0.5, 0.6) is 0 Å². The van der Waals surface area contributed by atoms with E-state index < -0.39 is 17.0 Å². The van der Waals surface area contributed by atoms with Crippen LogP contribution in [0.25, 0.3) is 55.6 Å². The average Bonchev–Trinajstić information content (AvgIpc) is 3.32. The summed E-state index contributed by atoms with van der Waals surface area (Å²) in [7, 11) is -2.94. The highest BCUT2D eigenvalue weighted by Gasteiger charge is 2.26. The van der Waals surface area contributed by atoms with Crippen molar-refractivity contribution in [2.45, 2.75) is 19.5 Å². The molecule has 2 heterocycles. The minimum absolute atomic E-state index is 0.860. The van der Waals surface area contributed by atoms with Crippen molar-refractivity contribution in [2.75, 3.05) is 4.67 Å². The Kier molecular flexibility index (Phi) is 6.06. The van der Waals surface area contributed by atoms with E-state index in [0.717, 1.165) is 50.5 Å². The van der Waals surface area contributed by atoms with Crippen molar-refractivity contribution in [1.82, 2.24) is 0 Å². The van der Waals surface area contributed by atoms with E-state index in [1.54, 1.807) is 0 Å². The highest BCUT2D eigenvalue weighted by molar-refractivity contribution is 7.40. The van der Waals surface area contributed by atoms with Crippen LogP contribution in [0.2, 0.25) is 12.6 Å². The first kappa shape index (κ1) is 25.2. The molecule has 0 saturated carbocycles.